The number of hydrogen-bond donors (Lipinski definition) is 0. The molecule has 0 aromatic rings. The zero-order chi connectivity index (χ0) is 12.4. The molecule has 0 aromatic heterocycles. The van der Waals surface area contributed by atoms with E-state index in [1.54, 1.807) is 0 Å². The Labute approximate surface area is 102 Å². The molecule has 0 N–H and O–H groups in total. The molecule has 0 nitrogen and oxygen atoms in total. The summed E-state index contributed by atoms with van der Waals surface area (Å²) in [5, 5.41) is 0. The van der Waals surface area contributed by atoms with E-state index >= 15 is 0 Å². The van der Waals surface area contributed by atoms with Crippen LogP contribution in [0.4, 0.5) is 13.2 Å². The number of alkyl halides is 3. The van der Waals surface area contributed by atoms with E-state index in [2.05, 4.69) is 6.92 Å². The number of rotatable bonds is 2. The molecular weight excluding hydrogens is 225 g/mol. The van der Waals surface area contributed by atoms with Gasteiger partial charge in [-0.05, 0) is 43.4 Å². The van der Waals surface area contributed by atoms with Crippen molar-refractivity contribution < 1.29 is 13.2 Å². The second-order valence-corrected chi connectivity index (χ2v) is 5.90. The summed E-state index contributed by atoms with van der Waals surface area (Å²) in [6.07, 6.45) is 1.19. The smallest absolute Gasteiger partial charge is 0.162 e. The summed E-state index contributed by atoms with van der Waals surface area (Å²) in [7, 11) is 0. The number of hydrogen-bond acceptors (Lipinski definition) is 0. The quantitative estimate of drug-likeness (QED) is 0.668. The van der Waals surface area contributed by atoms with Gasteiger partial charge in [0.05, 0.1) is 0 Å². The van der Waals surface area contributed by atoms with Crippen molar-refractivity contribution in [3.05, 3.63) is 0 Å². The predicted molar refractivity (Wildman–Crippen MR) is 63.2 cm³/mol. The molecule has 2 saturated carbocycles. The highest BCUT2D eigenvalue weighted by molar-refractivity contribution is 4.90. The lowest BCUT2D eigenvalue weighted by molar-refractivity contribution is -0.00451. The van der Waals surface area contributed by atoms with E-state index in [9.17, 15) is 13.2 Å². The Hall–Kier alpha value is -0.210. The van der Waals surface area contributed by atoms with E-state index in [1.165, 1.54) is 19.3 Å². The lowest BCUT2D eigenvalue weighted by Gasteiger charge is -2.38. The molecule has 0 radical (unpaired) electrons. The van der Waals surface area contributed by atoms with Crippen LogP contribution in [-0.2, 0) is 0 Å². The van der Waals surface area contributed by atoms with Gasteiger partial charge < -0.3 is 0 Å². The molecule has 2 aliphatic carbocycles. The van der Waals surface area contributed by atoms with Crippen molar-refractivity contribution in [1.29, 1.82) is 0 Å². The average molecular weight is 248 g/mol. The van der Waals surface area contributed by atoms with Gasteiger partial charge in [-0.15, -0.1) is 0 Å². The lowest BCUT2D eigenvalue weighted by atomic mass is 9.69. The molecule has 2 aliphatic rings. The van der Waals surface area contributed by atoms with Gasteiger partial charge in [0.2, 0.25) is 0 Å². The molecule has 0 heterocycles. The molecule has 100 valence electrons. The van der Waals surface area contributed by atoms with Crippen LogP contribution in [0.2, 0.25) is 0 Å². The molecule has 2 unspecified atom stereocenters. The van der Waals surface area contributed by atoms with Crippen molar-refractivity contribution >= 4 is 0 Å². The second-order valence-electron chi connectivity index (χ2n) is 5.90. The Bertz CT molecular complexity index is 224. The zero-order valence-corrected chi connectivity index (χ0v) is 10.5. The molecule has 2 fully saturated rings. The van der Waals surface area contributed by atoms with Gasteiger partial charge in [-0.1, -0.05) is 26.2 Å². The molecule has 0 bridgehead atoms. The topological polar surface area (TPSA) is 0 Å². The fourth-order valence-corrected chi connectivity index (χ4v) is 3.61. The summed E-state index contributed by atoms with van der Waals surface area (Å²) in [5.74, 6) is 1.30. The van der Waals surface area contributed by atoms with Crippen molar-refractivity contribution in [1.82, 2.24) is 0 Å². The average Bonchev–Trinajstić information content (AvgIpc) is 2.35. The fraction of sp³-hybridized carbons (Fsp3) is 1.00. The summed E-state index contributed by atoms with van der Waals surface area (Å²) in [6, 6.07) is 0. The third kappa shape index (κ3) is 2.97. The van der Waals surface area contributed by atoms with Crippen molar-refractivity contribution in [2.45, 2.75) is 70.4 Å². The van der Waals surface area contributed by atoms with Crippen LogP contribution in [0, 0.1) is 17.8 Å². The van der Waals surface area contributed by atoms with Crippen LogP contribution in [-0.4, -0.2) is 18.5 Å². The van der Waals surface area contributed by atoms with E-state index in [4.69, 9.17) is 0 Å². The van der Waals surface area contributed by atoms with Gasteiger partial charge in [0.15, 0.2) is 6.17 Å². The molecule has 3 heteroatoms. The third-order valence-corrected chi connectivity index (χ3v) is 4.88. The third-order valence-electron chi connectivity index (χ3n) is 4.88. The summed E-state index contributed by atoms with van der Waals surface area (Å²) < 4.78 is 39.8. The van der Waals surface area contributed by atoms with Gasteiger partial charge in [-0.2, -0.15) is 0 Å². The second kappa shape index (κ2) is 5.62. The Morgan fingerprint density at radius 3 is 1.82 bits per heavy atom. The van der Waals surface area contributed by atoms with E-state index in [0.29, 0.717) is 5.92 Å². The van der Waals surface area contributed by atoms with Gasteiger partial charge in [0.1, 0.15) is 12.3 Å². The maximum absolute atomic E-state index is 13.4. The zero-order valence-electron chi connectivity index (χ0n) is 10.5. The first-order chi connectivity index (χ1) is 8.11. The minimum Gasteiger partial charge on any atom is -0.244 e. The molecular formula is C14H23F3. The molecule has 2 rings (SSSR count). The SMILES string of the molecule is CCC1CCC(C2CC(F)C(F)C(F)C2)CC1. The summed E-state index contributed by atoms with van der Waals surface area (Å²) in [5.41, 5.74) is 0. The van der Waals surface area contributed by atoms with Gasteiger partial charge in [-0.25, -0.2) is 13.2 Å². The van der Waals surface area contributed by atoms with Crippen molar-refractivity contribution in [3.8, 4) is 0 Å². The first kappa shape index (κ1) is 13.2. The molecule has 2 atom stereocenters. The van der Waals surface area contributed by atoms with Gasteiger partial charge in [0, 0.05) is 0 Å². The molecule has 0 aromatic carbocycles. The van der Waals surface area contributed by atoms with Crippen molar-refractivity contribution in [2.75, 3.05) is 0 Å². The van der Waals surface area contributed by atoms with Crippen LogP contribution >= 0.6 is 0 Å². The molecule has 0 aliphatic heterocycles. The molecule has 0 spiro atoms. The van der Waals surface area contributed by atoms with E-state index in [-0.39, 0.29) is 18.8 Å². The van der Waals surface area contributed by atoms with E-state index in [0.717, 1.165) is 18.8 Å². The van der Waals surface area contributed by atoms with E-state index in [1.807, 2.05) is 0 Å². The maximum Gasteiger partial charge on any atom is 0.162 e. The predicted octanol–water partition coefficient (Wildman–Crippen LogP) is 4.63. The Balaban J connectivity index is 1.87. The maximum atomic E-state index is 13.4. The van der Waals surface area contributed by atoms with Crippen LogP contribution in [0.15, 0.2) is 0 Å². The molecule has 0 saturated heterocycles. The molecule has 17 heavy (non-hydrogen) atoms. The highest BCUT2D eigenvalue weighted by Crippen LogP contribution is 2.42. The van der Waals surface area contributed by atoms with Crippen LogP contribution in [0.3, 0.4) is 0 Å². The van der Waals surface area contributed by atoms with Crippen LogP contribution in [0.5, 0.6) is 0 Å². The van der Waals surface area contributed by atoms with Crippen molar-refractivity contribution in [3.63, 3.8) is 0 Å². The Morgan fingerprint density at radius 1 is 0.824 bits per heavy atom. The first-order valence-corrected chi connectivity index (χ1v) is 7.04. The minimum absolute atomic E-state index is 0.0739. The van der Waals surface area contributed by atoms with Crippen LogP contribution in [0.25, 0.3) is 0 Å². The highest BCUT2D eigenvalue weighted by atomic mass is 19.2. The fourth-order valence-electron chi connectivity index (χ4n) is 3.61. The van der Waals surface area contributed by atoms with Crippen molar-refractivity contribution in [2.24, 2.45) is 17.8 Å². The van der Waals surface area contributed by atoms with Gasteiger partial charge in [0.25, 0.3) is 0 Å². The van der Waals surface area contributed by atoms with Gasteiger partial charge >= 0.3 is 0 Å². The summed E-state index contributed by atoms with van der Waals surface area (Å²) in [4.78, 5) is 0. The molecule has 0 amide bonds. The summed E-state index contributed by atoms with van der Waals surface area (Å²) in [6.45, 7) is 2.20. The van der Waals surface area contributed by atoms with Crippen LogP contribution < -0.4 is 0 Å². The Morgan fingerprint density at radius 2 is 1.35 bits per heavy atom. The largest absolute Gasteiger partial charge is 0.244 e. The minimum atomic E-state index is -1.88. The van der Waals surface area contributed by atoms with Crippen LogP contribution in [0.1, 0.15) is 51.9 Å². The lowest BCUT2D eigenvalue weighted by Crippen LogP contribution is -2.40. The van der Waals surface area contributed by atoms with E-state index < -0.39 is 18.5 Å². The highest BCUT2D eigenvalue weighted by Gasteiger charge is 2.41. The first-order valence-electron chi connectivity index (χ1n) is 7.04. The number of halogens is 3. The standard InChI is InChI=1S/C14H23F3/c1-2-9-3-5-10(6-4-9)11-7-12(15)14(17)13(16)8-11/h9-14H,2-8H2,1H3. The monoisotopic (exact) mass is 248 g/mol. The Kier molecular flexibility index (Phi) is 4.37. The summed E-state index contributed by atoms with van der Waals surface area (Å²) >= 11 is 0. The normalized spacial score (nSPS) is 48.0. The van der Waals surface area contributed by atoms with Gasteiger partial charge in [-0.3, -0.25) is 0 Å².